The molecule has 35 heavy (non-hydrogen) atoms. The number of carbonyl (C=O) groups excluding carboxylic acids is 2. The van der Waals surface area contributed by atoms with Crippen molar-refractivity contribution in [2.45, 2.75) is 57.6 Å². The lowest BCUT2D eigenvalue weighted by atomic mass is 10.0. The molecule has 2 heterocycles. The Morgan fingerprint density at radius 3 is 2.57 bits per heavy atom. The van der Waals surface area contributed by atoms with E-state index in [0.717, 1.165) is 38.8 Å². The number of nitrogens with one attached hydrogen (secondary N) is 1. The van der Waals surface area contributed by atoms with Gasteiger partial charge in [0.2, 0.25) is 11.8 Å². The number of hydrogen-bond acceptors (Lipinski definition) is 5. The van der Waals surface area contributed by atoms with Crippen molar-refractivity contribution in [3.8, 4) is 5.75 Å². The fraction of sp³-hybridized carbons (Fsp3) is 0.481. The minimum absolute atomic E-state index is 0.0670. The van der Waals surface area contributed by atoms with Gasteiger partial charge in [-0.15, -0.1) is 0 Å². The summed E-state index contributed by atoms with van der Waals surface area (Å²) < 4.78 is 6.22. The number of likely N-dealkylation sites (tertiary alicyclic amines) is 1. The number of nitrogens with zero attached hydrogens (tertiary/aromatic N) is 2. The van der Waals surface area contributed by atoms with Crippen LogP contribution in [0.15, 0.2) is 42.5 Å². The molecule has 4 rings (SSSR count). The highest BCUT2D eigenvalue weighted by Gasteiger charge is 2.31. The average molecular weight is 499 g/mol. The van der Waals surface area contributed by atoms with Crippen LogP contribution in [0.1, 0.15) is 44.1 Å². The normalized spacial score (nSPS) is 18.9. The van der Waals surface area contributed by atoms with E-state index < -0.39 is 6.04 Å². The molecule has 2 aromatic carbocycles. The Labute approximate surface area is 212 Å². The van der Waals surface area contributed by atoms with Crippen LogP contribution in [-0.2, 0) is 9.59 Å². The maximum Gasteiger partial charge on any atom is 0.247 e. The lowest BCUT2D eigenvalue weighted by molar-refractivity contribution is -0.140. The topological polar surface area (TPSA) is 87.9 Å². The summed E-state index contributed by atoms with van der Waals surface area (Å²) in [6.07, 6.45) is 4.65. The summed E-state index contributed by atoms with van der Waals surface area (Å²) in [5.74, 6) is 0.363. The summed E-state index contributed by atoms with van der Waals surface area (Å²) in [7, 11) is 0. The van der Waals surface area contributed by atoms with Crippen molar-refractivity contribution in [3.05, 3.63) is 53.1 Å². The molecule has 2 amide bonds. The monoisotopic (exact) mass is 498 g/mol. The van der Waals surface area contributed by atoms with E-state index in [1.54, 1.807) is 17.0 Å². The van der Waals surface area contributed by atoms with Gasteiger partial charge in [0.05, 0.1) is 5.02 Å². The maximum absolute atomic E-state index is 13.0. The second-order valence-corrected chi connectivity index (χ2v) is 9.77. The van der Waals surface area contributed by atoms with Crippen molar-refractivity contribution in [1.29, 1.82) is 0 Å². The molecule has 0 aromatic heterocycles. The molecule has 0 unspecified atom stereocenters. The summed E-state index contributed by atoms with van der Waals surface area (Å²) in [5.41, 5.74) is 8.70. The molecule has 2 saturated heterocycles. The van der Waals surface area contributed by atoms with Gasteiger partial charge in [-0.05, 0) is 56.0 Å². The number of benzene rings is 2. The predicted octanol–water partition coefficient (Wildman–Crippen LogP) is 4.36. The molecule has 8 heteroatoms. The van der Waals surface area contributed by atoms with Gasteiger partial charge in [0.15, 0.2) is 0 Å². The van der Waals surface area contributed by atoms with Gasteiger partial charge in [0.1, 0.15) is 17.9 Å². The molecule has 7 nitrogen and oxygen atoms in total. The second-order valence-electron chi connectivity index (χ2n) is 9.36. The molecule has 0 spiro atoms. The average Bonchev–Trinajstić information content (AvgIpc) is 2.87. The van der Waals surface area contributed by atoms with E-state index in [4.69, 9.17) is 22.1 Å². The zero-order valence-electron chi connectivity index (χ0n) is 20.3. The van der Waals surface area contributed by atoms with Crippen molar-refractivity contribution in [2.24, 2.45) is 5.73 Å². The van der Waals surface area contributed by atoms with Crippen molar-refractivity contribution >= 4 is 34.8 Å². The first kappa shape index (κ1) is 25.3. The quantitative estimate of drug-likeness (QED) is 0.592. The minimum atomic E-state index is -0.476. The van der Waals surface area contributed by atoms with E-state index in [2.05, 4.69) is 41.4 Å². The third-order valence-electron chi connectivity index (χ3n) is 6.88. The summed E-state index contributed by atoms with van der Waals surface area (Å²) in [5, 5.41) is 3.39. The van der Waals surface area contributed by atoms with Gasteiger partial charge in [0.25, 0.3) is 0 Å². The lowest BCUT2D eigenvalue weighted by Gasteiger charge is -2.35. The molecular weight excluding hydrogens is 464 g/mol. The SMILES string of the molecule is Cc1ccccc1N1CCC(Oc2ccc(NC(=O)[C@H]3CCCCN3C(=O)CCN)cc2Cl)CC1. The van der Waals surface area contributed by atoms with Gasteiger partial charge in [0, 0.05) is 56.8 Å². The third kappa shape index (κ3) is 6.27. The van der Waals surface area contributed by atoms with Crippen LogP contribution in [0.4, 0.5) is 11.4 Å². The van der Waals surface area contributed by atoms with Crippen LogP contribution in [-0.4, -0.2) is 55.0 Å². The Morgan fingerprint density at radius 2 is 1.86 bits per heavy atom. The number of ether oxygens (including phenoxy) is 1. The van der Waals surface area contributed by atoms with Crippen molar-refractivity contribution in [3.63, 3.8) is 0 Å². The molecule has 188 valence electrons. The zero-order valence-corrected chi connectivity index (χ0v) is 21.1. The number of piperidine rings is 2. The van der Waals surface area contributed by atoms with Gasteiger partial charge in [-0.2, -0.15) is 0 Å². The predicted molar refractivity (Wildman–Crippen MR) is 140 cm³/mol. The highest BCUT2D eigenvalue weighted by atomic mass is 35.5. The Bertz CT molecular complexity index is 1040. The van der Waals surface area contributed by atoms with E-state index in [9.17, 15) is 9.59 Å². The van der Waals surface area contributed by atoms with E-state index in [1.165, 1.54) is 11.3 Å². The summed E-state index contributed by atoms with van der Waals surface area (Å²) in [6, 6.07) is 13.3. The number of amides is 2. The van der Waals surface area contributed by atoms with Crippen LogP contribution in [0.25, 0.3) is 0 Å². The summed E-state index contributed by atoms with van der Waals surface area (Å²) in [6.45, 7) is 4.88. The molecule has 2 aliphatic heterocycles. The third-order valence-corrected chi connectivity index (χ3v) is 7.17. The molecule has 2 aromatic rings. The summed E-state index contributed by atoms with van der Waals surface area (Å²) >= 11 is 6.52. The lowest BCUT2D eigenvalue weighted by Crippen LogP contribution is -2.50. The van der Waals surface area contributed by atoms with Crippen molar-refractivity contribution < 1.29 is 14.3 Å². The smallest absolute Gasteiger partial charge is 0.247 e. The molecule has 0 radical (unpaired) electrons. The highest BCUT2D eigenvalue weighted by Crippen LogP contribution is 2.32. The van der Waals surface area contributed by atoms with Gasteiger partial charge >= 0.3 is 0 Å². The first-order valence-electron chi connectivity index (χ1n) is 12.5. The van der Waals surface area contributed by atoms with Crippen LogP contribution < -0.4 is 20.7 Å². The molecule has 3 N–H and O–H groups in total. The molecule has 0 aliphatic carbocycles. The Kier molecular flexibility index (Phi) is 8.52. The molecule has 0 bridgehead atoms. The minimum Gasteiger partial charge on any atom is -0.489 e. The highest BCUT2D eigenvalue weighted by molar-refractivity contribution is 6.32. The van der Waals surface area contributed by atoms with Gasteiger partial charge in [-0.3, -0.25) is 9.59 Å². The number of hydrogen-bond donors (Lipinski definition) is 2. The van der Waals surface area contributed by atoms with Crippen LogP contribution in [0.5, 0.6) is 5.75 Å². The summed E-state index contributed by atoms with van der Waals surface area (Å²) in [4.78, 5) is 29.4. The number of nitrogens with two attached hydrogens (primary N) is 1. The Hall–Kier alpha value is -2.77. The van der Waals surface area contributed by atoms with E-state index >= 15 is 0 Å². The molecule has 2 fully saturated rings. The van der Waals surface area contributed by atoms with E-state index in [0.29, 0.717) is 29.4 Å². The second kappa shape index (κ2) is 11.8. The van der Waals surface area contributed by atoms with Crippen LogP contribution in [0, 0.1) is 6.92 Å². The number of aryl methyl sites for hydroxylation is 1. The zero-order chi connectivity index (χ0) is 24.8. The van der Waals surface area contributed by atoms with E-state index in [-0.39, 0.29) is 30.9 Å². The Balaban J connectivity index is 1.33. The van der Waals surface area contributed by atoms with Gasteiger partial charge in [-0.1, -0.05) is 29.8 Å². The molecule has 0 saturated carbocycles. The maximum atomic E-state index is 13.0. The Morgan fingerprint density at radius 1 is 1.09 bits per heavy atom. The fourth-order valence-corrected chi connectivity index (χ4v) is 5.21. The van der Waals surface area contributed by atoms with Crippen LogP contribution >= 0.6 is 11.6 Å². The van der Waals surface area contributed by atoms with Gasteiger partial charge in [-0.25, -0.2) is 0 Å². The largest absolute Gasteiger partial charge is 0.489 e. The van der Waals surface area contributed by atoms with Crippen molar-refractivity contribution in [2.75, 3.05) is 36.4 Å². The van der Waals surface area contributed by atoms with E-state index in [1.807, 2.05) is 6.07 Å². The first-order chi connectivity index (χ1) is 17.0. The van der Waals surface area contributed by atoms with Crippen LogP contribution in [0.3, 0.4) is 0 Å². The van der Waals surface area contributed by atoms with Crippen molar-refractivity contribution in [1.82, 2.24) is 4.90 Å². The molecule has 1 atom stereocenters. The number of anilines is 2. The number of carbonyl (C=O) groups is 2. The number of rotatable bonds is 7. The number of para-hydroxylation sites is 1. The fourth-order valence-electron chi connectivity index (χ4n) is 4.98. The standard InChI is InChI=1S/C27H35ClN4O3/c1-19-6-2-3-7-23(19)31-16-12-21(13-17-31)35-25-10-9-20(18-22(25)28)30-27(34)24-8-4-5-15-32(24)26(33)11-14-29/h2-3,6-7,9-10,18,21,24H,4-5,8,11-17,29H2,1H3,(H,30,34)/t24-/m1/s1. The molecular formula is C27H35ClN4O3. The number of halogens is 1. The van der Waals surface area contributed by atoms with Crippen LogP contribution in [0.2, 0.25) is 5.02 Å². The van der Waals surface area contributed by atoms with Gasteiger partial charge < -0.3 is 25.6 Å². The molecule has 2 aliphatic rings. The first-order valence-corrected chi connectivity index (χ1v) is 12.9.